The number of unbranched alkanes of at least 4 members (excludes halogenated alkanes) is 23. The molecule has 1 fully saturated rings. The summed E-state index contributed by atoms with van der Waals surface area (Å²) < 4.78 is 33.6. The number of phosphoric acid groups is 1. The molecule has 8 atom stereocenters. The average molecular weight is 917 g/mol. The van der Waals surface area contributed by atoms with Crippen molar-refractivity contribution in [3.8, 4) is 0 Å². The maximum Gasteiger partial charge on any atom is 0.472 e. The number of aliphatic hydroxyl groups is 5. The zero-order valence-electron chi connectivity index (χ0n) is 39.1. The Morgan fingerprint density at radius 1 is 0.492 bits per heavy atom. The number of rotatable bonds is 41. The van der Waals surface area contributed by atoms with E-state index in [1.54, 1.807) is 0 Å². The molecule has 0 bridgehead atoms. The van der Waals surface area contributed by atoms with Crippen LogP contribution >= 0.6 is 7.82 Å². The molecular formula is C49H89O13P. The van der Waals surface area contributed by atoms with Crippen molar-refractivity contribution in [1.29, 1.82) is 0 Å². The molecule has 0 radical (unpaired) electrons. The summed E-state index contributed by atoms with van der Waals surface area (Å²) in [7, 11) is -5.12. The van der Waals surface area contributed by atoms with E-state index in [0.717, 1.165) is 64.2 Å². The van der Waals surface area contributed by atoms with Gasteiger partial charge in [-0.05, 0) is 51.4 Å². The van der Waals surface area contributed by atoms with Crippen LogP contribution < -0.4 is 0 Å². The second kappa shape index (κ2) is 39.3. The van der Waals surface area contributed by atoms with Gasteiger partial charge in [0.25, 0.3) is 0 Å². The summed E-state index contributed by atoms with van der Waals surface area (Å²) in [6, 6.07) is 0. The lowest BCUT2D eigenvalue weighted by molar-refractivity contribution is -0.220. The minimum absolute atomic E-state index is 0.0727. The van der Waals surface area contributed by atoms with E-state index >= 15 is 0 Å². The molecule has 0 amide bonds. The molecule has 0 aliphatic heterocycles. The van der Waals surface area contributed by atoms with Gasteiger partial charge in [-0.1, -0.05) is 179 Å². The minimum atomic E-state index is -5.12. The lowest BCUT2D eigenvalue weighted by Gasteiger charge is -2.41. The van der Waals surface area contributed by atoms with E-state index in [1.165, 1.54) is 103 Å². The van der Waals surface area contributed by atoms with Crippen LogP contribution in [0.5, 0.6) is 0 Å². The van der Waals surface area contributed by atoms with Gasteiger partial charge >= 0.3 is 19.8 Å². The van der Waals surface area contributed by atoms with Crippen LogP contribution in [0.4, 0.5) is 0 Å². The number of hydrogen-bond acceptors (Lipinski definition) is 12. The van der Waals surface area contributed by atoms with Gasteiger partial charge in [-0.2, -0.15) is 0 Å². The maximum atomic E-state index is 12.8. The van der Waals surface area contributed by atoms with Crippen molar-refractivity contribution in [2.24, 2.45) is 0 Å². The summed E-state index contributed by atoms with van der Waals surface area (Å²) in [6.45, 7) is 3.27. The summed E-state index contributed by atoms with van der Waals surface area (Å²) >= 11 is 0. The first-order valence-corrected chi connectivity index (χ1v) is 26.3. The summed E-state index contributed by atoms with van der Waals surface area (Å²) in [6.07, 6.45) is 31.9. The smallest absolute Gasteiger partial charge is 0.462 e. The van der Waals surface area contributed by atoms with E-state index in [9.17, 15) is 44.6 Å². The van der Waals surface area contributed by atoms with Gasteiger partial charge in [0.1, 0.15) is 43.2 Å². The molecule has 1 saturated carbocycles. The summed E-state index contributed by atoms with van der Waals surface area (Å²) in [5.41, 5.74) is 0. The number of ether oxygens (including phenoxy) is 2. The molecule has 13 nitrogen and oxygen atoms in total. The third-order valence-corrected chi connectivity index (χ3v) is 12.5. The van der Waals surface area contributed by atoms with Gasteiger partial charge in [0.05, 0.1) is 6.61 Å². The van der Waals surface area contributed by atoms with Crippen LogP contribution in [0.25, 0.3) is 0 Å². The average Bonchev–Trinajstić information content (AvgIpc) is 3.26. The highest BCUT2D eigenvalue weighted by Gasteiger charge is 2.51. The summed E-state index contributed by atoms with van der Waals surface area (Å²) in [5.74, 6) is -1.12. The Morgan fingerprint density at radius 3 is 1.33 bits per heavy atom. The molecule has 1 aliphatic carbocycles. The maximum absolute atomic E-state index is 12.8. The fourth-order valence-electron chi connectivity index (χ4n) is 7.47. The highest BCUT2D eigenvalue weighted by molar-refractivity contribution is 7.47. The van der Waals surface area contributed by atoms with Gasteiger partial charge in [-0.15, -0.1) is 0 Å². The van der Waals surface area contributed by atoms with Crippen LogP contribution in [0.2, 0.25) is 0 Å². The largest absolute Gasteiger partial charge is 0.472 e. The third-order valence-electron chi connectivity index (χ3n) is 11.5. The molecule has 1 aliphatic rings. The Kier molecular flexibility index (Phi) is 36.8. The first-order valence-electron chi connectivity index (χ1n) is 24.8. The number of aliphatic hydroxyl groups excluding tert-OH is 5. The highest BCUT2D eigenvalue weighted by atomic mass is 31.2. The molecule has 14 heteroatoms. The number of carbonyl (C=O) groups excluding carboxylic acids is 2. The standard InChI is InChI=1S/C49H89O13P/c1-3-5-7-9-11-13-15-17-19-21-23-25-27-29-31-33-35-37-42(50)59-39-41(40-60-63(57,58)62-49-47(55)45(53)44(52)46(54)48(49)56)61-43(51)38-36-34-32-30-28-26-24-22-20-18-16-14-12-10-8-6-4-2/h12,14,18,20,24,26,41,44-49,52-56H,3-11,13,15-17,19,21-23,25,27-40H2,1-2H3,(H,57,58)/b14-12+,20-18+,26-24+/t41-,44?,45-,46?,47?,48?,49?/m0/s1. The third kappa shape index (κ3) is 31.6. The second-order valence-electron chi connectivity index (χ2n) is 17.3. The van der Waals surface area contributed by atoms with Crippen LogP contribution in [0.3, 0.4) is 0 Å². The zero-order chi connectivity index (χ0) is 46.4. The molecule has 6 N–H and O–H groups in total. The lowest BCUT2D eigenvalue weighted by atomic mass is 9.85. The molecule has 6 unspecified atom stereocenters. The van der Waals surface area contributed by atoms with Crippen molar-refractivity contribution < 1.29 is 63.1 Å². The minimum Gasteiger partial charge on any atom is -0.462 e. The molecule has 63 heavy (non-hydrogen) atoms. The Bertz CT molecular complexity index is 1240. The quantitative estimate of drug-likeness (QED) is 0.0146. The zero-order valence-corrected chi connectivity index (χ0v) is 40.0. The predicted molar refractivity (Wildman–Crippen MR) is 249 cm³/mol. The normalized spacial score (nSPS) is 22.0. The topological polar surface area (TPSA) is 210 Å². The SMILES string of the molecule is CCCCC/C=C/C/C=C/C/C=C/CCCCCCC(=O)O[C@@H](COC(=O)CCCCCCCCCCCCCCCCCCC)COP(=O)(O)OC1C(O)C(O)C(O)[C@H](O)C1O. The van der Waals surface area contributed by atoms with Crippen molar-refractivity contribution >= 4 is 19.8 Å². The number of carbonyl (C=O) groups is 2. The molecule has 0 aromatic heterocycles. The van der Waals surface area contributed by atoms with Gasteiger partial charge in [0.15, 0.2) is 6.10 Å². The van der Waals surface area contributed by atoms with Crippen LogP contribution in [-0.2, 0) is 32.7 Å². The molecule has 0 heterocycles. The van der Waals surface area contributed by atoms with E-state index in [4.69, 9.17) is 18.5 Å². The van der Waals surface area contributed by atoms with E-state index in [0.29, 0.717) is 12.8 Å². The molecule has 0 aromatic carbocycles. The van der Waals surface area contributed by atoms with E-state index in [1.807, 2.05) is 0 Å². The Labute approximate surface area is 380 Å². The highest BCUT2D eigenvalue weighted by Crippen LogP contribution is 2.47. The second-order valence-corrected chi connectivity index (χ2v) is 18.7. The number of allylic oxidation sites excluding steroid dienone is 6. The molecular weight excluding hydrogens is 828 g/mol. The van der Waals surface area contributed by atoms with Gasteiger partial charge in [0.2, 0.25) is 0 Å². The van der Waals surface area contributed by atoms with Crippen molar-refractivity contribution in [2.45, 2.75) is 249 Å². The van der Waals surface area contributed by atoms with E-state index in [2.05, 4.69) is 50.3 Å². The number of hydrogen-bond donors (Lipinski definition) is 6. The van der Waals surface area contributed by atoms with Gasteiger partial charge in [0, 0.05) is 12.8 Å². The molecule has 0 aromatic rings. The lowest BCUT2D eigenvalue weighted by Crippen LogP contribution is -2.64. The van der Waals surface area contributed by atoms with Crippen molar-refractivity contribution in [3.05, 3.63) is 36.5 Å². The summed E-state index contributed by atoms with van der Waals surface area (Å²) in [4.78, 5) is 35.8. The monoisotopic (exact) mass is 917 g/mol. The van der Waals surface area contributed by atoms with Gasteiger partial charge < -0.3 is 39.9 Å². The Morgan fingerprint density at radius 2 is 0.857 bits per heavy atom. The molecule has 0 saturated heterocycles. The molecule has 0 spiro atoms. The Hall–Kier alpha value is -1.93. The fraction of sp³-hybridized carbons (Fsp3) is 0.837. The van der Waals surface area contributed by atoms with Crippen molar-refractivity contribution in [3.63, 3.8) is 0 Å². The van der Waals surface area contributed by atoms with Crippen LogP contribution in [0.15, 0.2) is 36.5 Å². The fourth-order valence-corrected chi connectivity index (χ4v) is 8.44. The van der Waals surface area contributed by atoms with Crippen molar-refractivity contribution in [1.82, 2.24) is 0 Å². The number of phosphoric ester groups is 1. The van der Waals surface area contributed by atoms with Gasteiger partial charge in [-0.3, -0.25) is 18.6 Å². The molecule has 1 rings (SSSR count). The van der Waals surface area contributed by atoms with E-state index in [-0.39, 0.29) is 12.8 Å². The van der Waals surface area contributed by atoms with Gasteiger partial charge in [-0.25, -0.2) is 4.57 Å². The molecule has 368 valence electrons. The van der Waals surface area contributed by atoms with E-state index < -0.39 is 75.7 Å². The first-order chi connectivity index (χ1) is 30.4. The predicted octanol–water partition coefficient (Wildman–Crippen LogP) is 10.2. The first kappa shape index (κ1) is 59.1. The van der Waals surface area contributed by atoms with Crippen molar-refractivity contribution in [2.75, 3.05) is 13.2 Å². The Balaban J connectivity index is 2.44. The van der Waals surface area contributed by atoms with Crippen LogP contribution in [-0.4, -0.2) is 98.3 Å². The van der Waals surface area contributed by atoms with Crippen LogP contribution in [0.1, 0.15) is 206 Å². The summed E-state index contributed by atoms with van der Waals surface area (Å²) in [5, 5.41) is 50.2. The number of esters is 2. The van der Waals surface area contributed by atoms with Crippen LogP contribution in [0, 0.1) is 0 Å².